The summed E-state index contributed by atoms with van der Waals surface area (Å²) in [6, 6.07) is 10.1. The number of benzene rings is 2. The van der Waals surface area contributed by atoms with Gasteiger partial charge in [0.15, 0.2) is 6.61 Å². The molecule has 0 aliphatic carbocycles. The molecule has 0 radical (unpaired) electrons. The summed E-state index contributed by atoms with van der Waals surface area (Å²) in [5.41, 5.74) is 4.10. The predicted octanol–water partition coefficient (Wildman–Crippen LogP) is 2.17. The van der Waals surface area contributed by atoms with Crippen molar-refractivity contribution in [1.82, 2.24) is 10.9 Å². The fourth-order valence-corrected chi connectivity index (χ4v) is 2.24. The van der Waals surface area contributed by atoms with Crippen LogP contribution in [0.5, 0.6) is 0 Å². The lowest BCUT2D eigenvalue weighted by Crippen LogP contribution is -2.43. The van der Waals surface area contributed by atoms with E-state index in [1.807, 2.05) is 0 Å². The van der Waals surface area contributed by atoms with E-state index < -0.39 is 29.3 Å². The molecule has 0 atom stereocenters. The third-order valence-corrected chi connectivity index (χ3v) is 3.65. The molecule has 9 nitrogen and oxygen atoms in total. The Hall–Kier alpha value is -3.46. The summed E-state index contributed by atoms with van der Waals surface area (Å²) in [6.45, 7) is 0.749. The van der Waals surface area contributed by atoms with E-state index in [2.05, 4.69) is 10.9 Å². The molecule has 0 saturated heterocycles. The van der Waals surface area contributed by atoms with Gasteiger partial charge in [-0.05, 0) is 37.3 Å². The average Bonchev–Trinajstić information content (AvgIpc) is 2.64. The fourth-order valence-electron chi connectivity index (χ4n) is 2.11. The minimum atomic E-state index is -1.02. The summed E-state index contributed by atoms with van der Waals surface area (Å²) in [7, 11) is 0. The predicted molar refractivity (Wildman–Crippen MR) is 95.2 cm³/mol. The molecule has 0 unspecified atom stereocenters. The maximum absolute atomic E-state index is 12.0. The van der Waals surface area contributed by atoms with Gasteiger partial charge in [0.1, 0.15) is 5.56 Å². The first-order valence-electron chi connectivity index (χ1n) is 7.55. The smallest absolute Gasteiger partial charge is 0.345 e. The Balaban J connectivity index is 1.89. The van der Waals surface area contributed by atoms with Crippen LogP contribution in [0.25, 0.3) is 0 Å². The van der Waals surface area contributed by atoms with Gasteiger partial charge in [-0.25, -0.2) is 4.79 Å². The summed E-state index contributed by atoms with van der Waals surface area (Å²) in [5.74, 6) is -2.44. The summed E-state index contributed by atoms with van der Waals surface area (Å²) in [4.78, 5) is 45.9. The molecule has 0 aromatic heterocycles. The second-order valence-electron chi connectivity index (χ2n) is 5.31. The summed E-state index contributed by atoms with van der Waals surface area (Å²) >= 11 is 5.71. The standard InChI is InChI=1S/C17H14ClN3O6/c1-10-3-2-4-13(15(10)21(25)26)17(24)27-9-14(22)19-20-16(23)11-5-7-12(18)8-6-11/h2-8H,9H2,1H3,(H,19,22)(H,20,23). The quantitative estimate of drug-likeness (QED) is 0.456. The number of amides is 2. The van der Waals surface area contributed by atoms with Crippen LogP contribution in [-0.4, -0.2) is 29.3 Å². The van der Waals surface area contributed by atoms with Crippen molar-refractivity contribution in [3.63, 3.8) is 0 Å². The highest BCUT2D eigenvalue weighted by Crippen LogP contribution is 2.23. The number of hydrogen-bond donors (Lipinski definition) is 2. The molecule has 0 fully saturated rings. The number of aryl methyl sites for hydroxylation is 1. The third-order valence-electron chi connectivity index (χ3n) is 3.40. The monoisotopic (exact) mass is 391 g/mol. The molecule has 2 N–H and O–H groups in total. The van der Waals surface area contributed by atoms with Crippen LogP contribution < -0.4 is 10.9 Å². The van der Waals surface area contributed by atoms with E-state index >= 15 is 0 Å². The van der Waals surface area contributed by atoms with Crippen molar-refractivity contribution < 1.29 is 24.0 Å². The molecule has 0 saturated carbocycles. The van der Waals surface area contributed by atoms with Crippen LogP contribution in [0, 0.1) is 17.0 Å². The van der Waals surface area contributed by atoms with E-state index in [0.717, 1.165) is 0 Å². The lowest BCUT2D eigenvalue weighted by atomic mass is 10.1. The number of carbonyl (C=O) groups excluding carboxylic acids is 3. The molecular weight excluding hydrogens is 378 g/mol. The van der Waals surface area contributed by atoms with Crippen LogP contribution in [0.15, 0.2) is 42.5 Å². The first-order valence-corrected chi connectivity index (χ1v) is 7.93. The Morgan fingerprint density at radius 1 is 1.11 bits per heavy atom. The number of ether oxygens (including phenoxy) is 1. The zero-order valence-electron chi connectivity index (χ0n) is 14.0. The van der Waals surface area contributed by atoms with Gasteiger partial charge in [-0.2, -0.15) is 0 Å². The number of hydrogen-bond acceptors (Lipinski definition) is 6. The molecule has 0 aliphatic heterocycles. The van der Waals surface area contributed by atoms with E-state index in [1.165, 1.54) is 49.4 Å². The minimum Gasteiger partial charge on any atom is -0.452 e. The molecule has 2 amide bonds. The first-order chi connectivity index (χ1) is 12.8. The number of nitrogens with zero attached hydrogens (tertiary/aromatic N) is 1. The minimum absolute atomic E-state index is 0.257. The fraction of sp³-hybridized carbons (Fsp3) is 0.118. The highest BCUT2D eigenvalue weighted by atomic mass is 35.5. The van der Waals surface area contributed by atoms with E-state index in [9.17, 15) is 24.5 Å². The Labute approximate surface area is 158 Å². The lowest BCUT2D eigenvalue weighted by molar-refractivity contribution is -0.385. The van der Waals surface area contributed by atoms with Gasteiger partial charge in [-0.15, -0.1) is 0 Å². The van der Waals surface area contributed by atoms with Crippen LogP contribution in [0.4, 0.5) is 5.69 Å². The van der Waals surface area contributed by atoms with E-state index in [1.54, 1.807) is 0 Å². The number of rotatable bonds is 5. The van der Waals surface area contributed by atoms with Crippen LogP contribution in [0.3, 0.4) is 0 Å². The molecule has 27 heavy (non-hydrogen) atoms. The Morgan fingerprint density at radius 2 is 1.78 bits per heavy atom. The summed E-state index contributed by atoms with van der Waals surface area (Å²) < 4.78 is 4.77. The topological polar surface area (TPSA) is 128 Å². The second kappa shape index (κ2) is 8.77. The molecular formula is C17H14ClN3O6. The van der Waals surface area contributed by atoms with Gasteiger partial charge in [0, 0.05) is 16.1 Å². The molecule has 10 heteroatoms. The van der Waals surface area contributed by atoms with Crippen LogP contribution in [0.2, 0.25) is 5.02 Å². The van der Waals surface area contributed by atoms with Crippen molar-refractivity contribution in [2.24, 2.45) is 0 Å². The number of nitrogens with one attached hydrogen (secondary N) is 2. The van der Waals surface area contributed by atoms with Crippen molar-refractivity contribution >= 4 is 35.1 Å². The normalized spacial score (nSPS) is 10.0. The van der Waals surface area contributed by atoms with Gasteiger partial charge in [0.25, 0.3) is 17.5 Å². The van der Waals surface area contributed by atoms with Crippen LogP contribution in [0.1, 0.15) is 26.3 Å². The number of esters is 1. The van der Waals surface area contributed by atoms with E-state index in [4.69, 9.17) is 16.3 Å². The second-order valence-corrected chi connectivity index (χ2v) is 5.75. The van der Waals surface area contributed by atoms with Crippen LogP contribution >= 0.6 is 11.6 Å². The maximum Gasteiger partial charge on any atom is 0.345 e. The van der Waals surface area contributed by atoms with E-state index in [0.29, 0.717) is 5.02 Å². The van der Waals surface area contributed by atoms with Crippen molar-refractivity contribution in [3.05, 3.63) is 74.3 Å². The largest absolute Gasteiger partial charge is 0.452 e. The first kappa shape index (κ1) is 19.9. The molecule has 0 bridgehead atoms. The van der Waals surface area contributed by atoms with E-state index in [-0.39, 0.29) is 22.4 Å². The number of nitro benzene ring substituents is 1. The van der Waals surface area contributed by atoms with Crippen molar-refractivity contribution in [2.45, 2.75) is 6.92 Å². The zero-order valence-corrected chi connectivity index (χ0v) is 14.8. The van der Waals surface area contributed by atoms with Crippen molar-refractivity contribution in [1.29, 1.82) is 0 Å². The number of halogens is 1. The SMILES string of the molecule is Cc1cccc(C(=O)OCC(=O)NNC(=O)c2ccc(Cl)cc2)c1[N+](=O)[O-]. The third kappa shape index (κ3) is 5.25. The Kier molecular flexibility index (Phi) is 6.45. The number of hydrazine groups is 1. The molecule has 2 aromatic carbocycles. The summed E-state index contributed by atoms with van der Waals surface area (Å²) in [5, 5.41) is 11.5. The maximum atomic E-state index is 12.0. The number of carbonyl (C=O) groups is 3. The van der Waals surface area contributed by atoms with Gasteiger partial charge in [0.2, 0.25) is 0 Å². The number of nitro groups is 1. The summed E-state index contributed by atoms with van der Waals surface area (Å²) in [6.07, 6.45) is 0. The molecule has 0 aliphatic rings. The highest BCUT2D eigenvalue weighted by Gasteiger charge is 2.24. The zero-order chi connectivity index (χ0) is 20.0. The van der Waals surface area contributed by atoms with Gasteiger partial charge in [-0.1, -0.05) is 23.7 Å². The Bertz CT molecular complexity index is 898. The van der Waals surface area contributed by atoms with Gasteiger partial charge >= 0.3 is 5.97 Å². The van der Waals surface area contributed by atoms with Gasteiger partial charge in [-0.3, -0.25) is 30.6 Å². The molecule has 0 spiro atoms. The highest BCUT2D eigenvalue weighted by molar-refractivity contribution is 6.30. The van der Waals surface area contributed by atoms with Crippen LogP contribution in [-0.2, 0) is 9.53 Å². The number of para-hydroxylation sites is 1. The van der Waals surface area contributed by atoms with Crippen molar-refractivity contribution in [2.75, 3.05) is 6.61 Å². The average molecular weight is 392 g/mol. The molecule has 0 heterocycles. The molecule has 2 rings (SSSR count). The lowest BCUT2D eigenvalue weighted by Gasteiger charge is -2.09. The van der Waals surface area contributed by atoms with Gasteiger partial charge in [0.05, 0.1) is 4.92 Å². The Morgan fingerprint density at radius 3 is 2.41 bits per heavy atom. The van der Waals surface area contributed by atoms with Crippen molar-refractivity contribution in [3.8, 4) is 0 Å². The molecule has 140 valence electrons. The molecule has 2 aromatic rings. The van der Waals surface area contributed by atoms with Gasteiger partial charge < -0.3 is 4.74 Å².